The van der Waals surface area contributed by atoms with E-state index < -0.39 is 18.0 Å². The fourth-order valence-electron chi connectivity index (χ4n) is 4.96. The number of carbonyl (C=O) groups is 3. The van der Waals surface area contributed by atoms with Crippen LogP contribution in [0.3, 0.4) is 0 Å². The molecule has 1 aliphatic carbocycles. The van der Waals surface area contributed by atoms with Crippen LogP contribution in [0.15, 0.2) is 42.5 Å². The van der Waals surface area contributed by atoms with Gasteiger partial charge in [-0.15, -0.1) is 0 Å². The summed E-state index contributed by atoms with van der Waals surface area (Å²) in [6.07, 6.45) is 1.55. The summed E-state index contributed by atoms with van der Waals surface area (Å²) < 4.78 is 14.7. The zero-order valence-corrected chi connectivity index (χ0v) is 22.8. The maximum absolute atomic E-state index is 14.7. The lowest BCUT2D eigenvalue weighted by atomic mass is 10.1. The first-order valence-electron chi connectivity index (χ1n) is 13.5. The lowest BCUT2D eigenvalue weighted by Crippen LogP contribution is -2.48. The third-order valence-corrected chi connectivity index (χ3v) is 7.00. The molecule has 1 aliphatic heterocycles. The molecule has 2 unspecified atom stereocenters. The molecule has 4 N–H and O–H groups in total. The van der Waals surface area contributed by atoms with E-state index in [2.05, 4.69) is 20.9 Å². The van der Waals surface area contributed by atoms with Crippen molar-refractivity contribution in [2.75, 3.05) is 31.5 Å². The van der Waals surface area contributed by atoms with E-state index in [1.807, 2.05) is 39.0 Å². The van der Waals surface area contributed by atoms with Crippen molar-refractivity contribution < 1.29 is 23.9 Å². The Morgan fingerprint density at radius 1 is 1.00 bits per heavy atom. The van der Waals surface area contributed by atoms with Gasteiger partial charge in [-0.1, -0.05) is 12.1 Å². The van der Waals surface area contributed by atoms with Crippen molar-refractivity contribution in [2.24, 2.45) is 0 Å². The monoisotopic (exact) mass is 539 g/mol. The average Bonchev–Trinajstić information content (AvgIpc) is 3.28. The fourth-order valence-corrected chi connectivity index (χ4v) is 4.96. The van der Waals surface area contributed by atoms with Gasteiger partial charge in [0.1, 0.15) is 5.82 Å². The second-order valence-electron chi connectivity index (χ2n) is 11.4. The lowest BCUT2D eigenvalue weighted by molar-refractivity contribution is 0.0627. The molecule has 0 radical (unpaired) electrons. The molecule has 10 heteroatoms. The third-order valence-electron chi connectivity index (χ3n) is 7.00. The van der Waals surface area contributed by atoms with Gasteiger partial charge in [0.15, 0.2) is 0 Å². The van der Waals surface area contributed by atoms with Crippen LogP contribution in [0.5, 0.6) is 0 Å². The Labute approximate surface area is 228 Å². The van der Waals surface area contributed by atoms with Crippen LogP contribution in [-0.4, -0.2) is 76.6 Å². The maximum Gasteiger partial charge on any atom is 0.319 e. The van der Waals surface area contributed by atoms with Crippen molar-refractivity contribution in [3.8, 4) is 0 Å². The highest BCUT2D eigenvalue weighted by molar-refractivity contribution is 5.96. The number of benzene rings is 2. The summed E-state index contributed by atoms with van der Waals surface area (Å²) in [5, 5.41) is 18.0. The minimum absolute atomic E-state index is 0.0280. The van der Waals surface area contributed by atoms with Crippen molar-refractivity contribution in [2.45, 2.75) is 64.3 Å². The van der Waals surface area contributed by atoms with Crippen molar-refractivity contribution in [1.29, 1.82) is 0 Å². The van der Waals surface area contributed by atoms with Crippen LogP contribution in [0, 0.1) is 5.82 Å². The molecule has 1 heterocycles. The van der Waals surface area contributed by atoms with Crippen LogP contribution in [0.4, 0.5) is 14.9 Å². The number of hydrogen-bond donors (Lipinski definition) is 4. The second kappa shape index (κ2) is 12.1. The Kier molecular flexibility index (Phi) is 8.87. The number of nitrogens with zero attached hydrogens (tertiary/aromatic N) is 2. The first kappa shape index (κ1) is 28.5. The summed E-state index contributed by atoms with van der Waals surface area (Å²) in [5.74, 6) is -1.07. The van der Waals surface area contributed by atoms with Gasteiger partial charge in [-0.2, -0.15) is 0 Å². The third kappa shape index (κ3) is 7.77. The molecule has 39 heavy (non-hydrogen) atoms. The van der Waals surface area contributed by atoms with Gasteiger partial charge in [-0.05, 0) is 75.9 Å². The number of hydrogen-bond acceptors (Lipinski definition) is 5. The van der Waals surface area contributed by atoms with Crippen LogP contribution in [0.1, 0.15) is 66.3 Å². The average molecular weight is 540 g/mol. The Balaban J connectivity index is 1.28. The summed E-state index contributed by atoms with van der Waals surface area (Å²) in [5.41, 5.74) is 1.51. The Bertz CT molecular complexity index is 1210. The van der Waals surface area contributed by atoms with Crippen molar-refractivity contribution in [3.05, 3.63) is 65.0 Å². The number of urea groups is 1. The largest absolute Gasteiger partial charge is 0.391 e. The number of amides is 4. The number of piperazine rings is 1. The highest BCUT2D eigenvalue weighted by Crippen LogP contribution is 2.21. The molecule has 9 nitrogen and oxygen atoms in total. The number of aliphatic hydroxyl groups excluding tert-OH is 1. The number of halogens is 1. The van der Waals surface area contributed by atoms with E-state index in [-0.39, 0.29) is 34.6 Å². The molecule has 2 atom stereocenters. The summed E-state index contributed by atoms with van der Waals surface area (Å²) in [7, 11) is 0. The fraction of sp³-hybridized carbons (Fsp3) is 0.483. The predicted molar refractivity (Wildman–Crippen MR) is 147 cm³/mol. The normalized spacial score (nSPS) is 20.0. The van der Waals surface area contributed by atoms with E-state index in [0.717, 1.165) is 18.1 Å². The molecule has 2 fully saturated rings. The maximum atomic E-state index is 14.7. The van der Waals surface area contributed by atoms with Crippen LogP contribution < -0.4 is 16.0 Å². The predicted octanol–water partition coefficient (Wildman–Crippen LogP) is 3.35. The second-order valence-corrected chi connectivity index (χ2v) is 11.4. The highest BCUT2D eigenvalue weighted by Gasteiger charge is 2.27. The van der Waals surface area contributed by atoms with E-state index in [1.165, 1.54) is 12.1 Å². The number of aliphatic hydroxyl groups is 1. The minimum atomic E-state index is -0.697. The van der Waals surface area contributed by atoms with Crippen LogP contribution >= 0.6 is 0 Å². The number of rotatable bonds is 6. The minimum Gasteiger partial charge on any atom is -0.391 e. The zero-order chi connectivity index (χ0) is 28.2. The van der Waals surface area contributed by atoms with Gasteiger partial charge < -0.3 is 26.0 Å². The molecule has 210 valence electrons. The highest BCUT2D eigenvalue weighted by atomic mass is 19.1. The Morgan fingerprint density at radius 2 is 1.74 bits per heavy atom. The van der Waals surface area contributed by atoms with E-state index in [1.54, 1.807) is 11.0 Å². The Hall–Kier alpha value is -3.50. The van der Waals surface area contributed by atoms with E-state index >= 15 is 0 Å². The molecule has 0 aromatic heterocycles. The number of nitrogens with one attached hydrogen (secondary N) is 3. The number of anilines is 1. The summed E-state index contributed by atoms with van der Waals surface area (Å²) in [6, 6.07) is 10.7. The Morgan fingerprint density at radius 3 is 2.38 bits per heavy atom. The lowest BCUT2D eigenvalue weighted by Gasteiger charge is -2.35. The molecular formula is C29H38FN5O4. The SMILES string of the molecule is CC(C)(C)NC(=O)c1cccc(CN2CCN(C(=O)c3ccc(NC(=O)NC4CCCC4O)c(F)c3)CC2)c1. The van der Waals surface area contributed by atoms with Crippen LogP contribution in [0.25, 0.3) is 0 Å². The standard InChI is InChI=1S/C29H38FN5O4/c1-29(2,3)33-26(37)20-7-4-6-19(16-20)18-34-12-14-35(15-13-34)27(38)21-10-11-23(22(30)17-21)31-28(39)32-24-8-5-9-25(24)36/h4,6-7,10-11,16-17,24-25,36H,5,8-9,12-15,18H2,1-3H3,(H,33,37)(H2,31,32,39). The van der Waals surface area contributed by atoms with Crippen molar-refractivity contribution in [3.63, 3.8) is 0 Å². The van der Waals surface area contributed by atoms with Gasteiger partial charge in [0.05, 0.1) is 17.8 Å². The summed E-state index contributed by atoms with van der Waals surface area (Å²) in [6.45, 7) is 8.79. The van der Waals surface area contributed by atoms with E-state index in [4.69, 9.17) is 0 Å². The van der Waals surface area contributed by atoms with E-state index in [9.17, 15) is 23.9 Å². The first-order valence-corrected chi connectivity index (χ1v) is 13.5. The first-order chi connectivity index (χ1) is 18.5. The molecule has 1 saturated heterocycles. The van der Waals surface area contributed by atoms with Crippen molar-refractivity contribution in [1.82, 2.24) is 20.4 Å². The van der Waals surface area contributed by atoms with Gasteiger partial charge in [0.25, 0.3) is 11.8 Å². The molecule has 2 aromatic rings. The smallest absolute Gasteiger partial charge is 0.319 e. The van der Waals surface area contributed by atoms with E-state index in [0.29, 0.717) is 51.1 Å². The molecule has 0 bridgehead atoms. The summed E-state index contributed by atoms with van der Waals surface area (Å²) >= 11 is 0. The quantitative estimate of drug-likeness (QED) is 0.450. The zero-order valence-electron chi connectivity index (χ0n) is 22.8. The van der Waals surface area contributed by atoms with Gasteiger partial charge in [-0.25, -0.2) is 9.18 Å². The van der Waals surface area contributed by atoms with Gasteiger partial charge in [0.2, 0.25) is 0 Å². The molecule has 0 spiro atoms. The van der Waals surface area contributed by atoms with Crippen molar-refractivity contribution >= 4 is 23.5 Å². The summed E-state index contributed by atoms with van der Waals surface area (Å²) in [4.78, 5) is 41.6. The van der Waals surface area contributed by atoms with Crippen LogP contribution in [-0.2, 0) is 6.54 Å². The number of carbonyl (C=O) groups excluding carboxylic acids is 3. The molecule has 2 aromatic carbocycles. The van der Waals surface area contributed by atoms with Gasteiger partial charge >= 0.3 is 6.03 Å². The molecule has 4 amide bonds. The molecular weight excluding hydrogens is 501 g/mol. The van der Waals surface area contributed by atoms with Gasteiger partial charge in [0, 0.05) is 49.4 Å². The topological polar surface area (TPSA) is 114 Å². The molecule has 2 aliphatic rings. The molecule has 4 rings (SSSR count). The van der Waals surface area contributed by atoms with Gasteiger partial charge in [-0.3, -0.25) is 14.5 Å². The molecule has 1 saturated carbocycles. The van der Waals surface area contributed by atoms with Crippen LogP contribution in [0.2, 0.25) is 0 Å².